The second-order valence-corrected chi connectivity index (χ2v) is 9.46. The van der Waals surface area contributed by atoms with Crippen molar-refractivity contribution in [2.75, 3.05) is 6.61 Å². The zero-order chi connectivity index (χ0) is 27.4. The number of aromatic hydroxyl groups is 1. The van der Waals surface area contributed by atoms with Crippen molar-refractivity contribution in [3.8, 4) is 5.75 Å². The summed E-state index contributed by atoms with van der Waals surface area (Å²) in [6.45, 7) is -0.699. The van der Waals surface area contributed by atoms with Gasteiger partial charge < -0.3 is 54.7 Å². The summed E-state index contributed by atoms with van der Waals surface area (Å²) in [5, 5.41) is 70.1. The Kier molecular flexibility index (Phi) is 6.77. The number of carbonyl (C=O) groups excluding carboxylic acids is 1. The molecular formula is C25H26O13. The van der Waals surface area contributed by atoms with Crippen LogP contribution in [0.4, 0.5) is 0 Å². The minimum absolute atomic E-state index is 0.0394. The van der Waals surface area contributed by atoms with Crippen LogP contribution in [-0.2, 0) is 28.5 Å². The number of hydrogen-bond donors (Lipinski definition) is 7. The predicted octanol–water partition coefficient (Wildman–Crippen LogP) is -1.41. The molecule has 0 amide bonds. The van der Waals surface area contributed by atoms with Gasteiger partial charge in [-0.05, 0) is 29.8 Å². The Morgan fingerprint density at radius 2 is 1.79 bits per heavy atom. The second kappa shape index (κ2) is 9.78. The number of esters is 1. The molecule has 1 unspecified atom stereocenters. The first kappa shape index (κ1) is 26.3. The fourth-order valence-electron chi connectivity index (χ4n) is 5.19. The Bertz CT molecular complexity index is 1190. The maximum atomic E-state index is 12.9. The highest BCUT2D eigenvalue weighted by Gasteiger charge is 2.59. The van der Waals surface area contributed by atoms with Crippen LogP contribution in [0.25, 0.3) is 0 Å². The van der Waals surface area contributed by atoms with E-state index in [1.54, 1.807) is 0 Å². The first-order chi connectivity index (χ1) is 18.1. The number of allylic oxidation sites excluding steroid dienone is 1. The van der Waals surface area contributed by atoms with Crippen LogP contribution in [0.2, 0.25) is 0 Å². The standard InChI is InChI=1S/C25H26O13/c26-8-15-18(29)19(30)20(31)24(36-15)37-23-16-12(14(9-35-23)21(32)33)5-6-25(16)7-13(22(34)38-25)17(28)10-1-3-11(27)4-2-10/h1-7,9,12,15-20,23-24,26-31H,8H2,(H,32,33)/t12-,15-,16-,17?,18-,19+,20-,23-,24+,25-/m1/s1. The molecule has 204 valence electrons. The van der Waals surface area contributed by atoms with Gasteiger partial charge in [0.1, 0.15) is 36.3 Å². The molecule has 1 aromatic carbocycles. The molecular weight excluding hydrogens is 508 g/mol. The molecule has 7 N–H and O–H groups in total. The van der Waals surface area contributed by atoms with Gasteiger partial charge in [-0.15, -0.1) is 0 Å². The number of aliphatic hydroxyl groups excluding tert-OH is 5. The van der Waals surface area contributed by atoms with E-state index >= 15 is 0 Å². The van der Waals surface area contributed by atoms with Crippen LogP contribution in [0.3, 0.4) is 0 Å². The van der Waals surface area contributed by atoms with Gasteiger partial charge in [-0.3, -0.25) is 0 Å². The summed E-state index contributed by atoms with van der Waals surface area (Å²) in [6, 6.07) is 5.52. The highest BCUT2D eigenvalue weighted by Crippen LogP contribution is 2.51. The lowest BCUT2D eigenvalue weighted by molar-refractivity contribution is -0.344. The van der Waals surface area contributed by atoms with Gasteiger partial charge in [-0.1, -0.05) is 18.2 Å². The molecule has 13 heteroatoms. The van der Waals surface area contributed by atoms with E-state index in [-0.39, 0.29) is 16.9 Å². The SMILES string of the molecule is O=C(O)C1=CO[C@H](O[C@@H]2O[C@H](CO)[C@@H](O)[C@H](O)[C@H]2O)[C@H]2[C@@H]1C=C[C@@]21C=C(C(O)c2ccc(O)cc2)C(=O)O1. The van der Waals surface area contributed by atoms with Crippen LogP contribution in [-0.4, -0.2) is 96.9 Å². The molecule has 3 heterocycles. The number of phenolic OH excluding ortho intramolecular Hbond substituents is 1. The van der Waals surface area contributed by atoms with Crippen molar-refractivity contribution in [2.24, 2.45) is 11.8 Å². The molecule has 0 aromatic heterocycles. The number of carbonyl (C=O) groups is 2. The minimum atomic E-state index is -1.77. The number of fused-ring (bicyclic) bond motifs is 2. The summed E-state index contributed by atoms with van der Waals surface area (Å²) in [5.74, 6) is -4.19. The van der Waals surface area contributed by atoms with E-state index in [9.17, 15) is 45.3 Å². The molecule has 3 aliphatic heterocycles. The monoisotopic (exact) mass is 534 g/mol. The van der Waals surface area contributed by atoms with Gasteiger partial charge in [0, 0.05) is 5.92 Å². The van der Waals surface area contributed by atoms with Crippen molar-refractivity contribution in [2.45, 2.75) is 48.7 Å². The first-order valence-electron chi connectivity index (χ1n) is 11.7. The molecule has 1 aromatic rings. The molecule has 10 atom stereocenters. The molecule has 4 aliphatic rings. The highest BCUT2D eigenvalue weighted by atomic mass is 16.8. The zero-order valence-corrected chi connectivity index (χ0v) is 19.6. The van der Waals surface area contributed by atoms with Gasteiger partial charge >= 0.3 is 11.9 Å². The minimum Gasteiger partial charge on any atom is -0.508 e. The molecule has 13 nitrogen and oxygen atoms in total. The van der Waals surface area contributed by atoms with Gasteiger partial charge in [-0.25, -0.2) is 9.59 Å². The lowest BCUT2D eigenvalue weighted by Crippen LogP contribution is -2.60. The van der Waals surface area contributed by atoms with E-state index in [1.807, 2.05) is 0 Å². The maximum absolute atomic E-state index is 12.9. The average molecular weight is 534 g/mol. The van der Waals surface area contributed by atoms with Crippen molar-refractivity contribution in [1.82, 2.24) is 0 Å². The number of ether oxygens (including phenoxy) is 4. The third kappa shape index (κ3) is 4.27. The fraction of sp³-hybridized carbons (Fsp3) is 0.440. The molecule has 1 spiro atoms. The number of aliphatic hydroxyl groups is 5. The zero-order valence-electron chi connectivity index (χ0n) is 19.6. The van der Waals surface area contributed by atoms with Gasteiger partial charge in [0.2, 0.25) is 6.29 Å². The van der Waals surface area contributed by atoms with Crippen LogP contribution in [0.5, 0.6) is 5.75 Å². The van der Waals surface area contributed by atoms with Crippen LogP contribution in [0, 0.1) is 11.8 Å². The van der Waals surface area contributed by atoms with Crippen LogP contribution < -0.4 is 0 Å². The fourth-order valence-corrected chi connectivity index (χ4v) is 5.19. The summed E-state index contributed by atoms with van der Waals surface area (Å²) >= 11 is 0. The third-order valence-corrected chi connectivity index (χ3v) is 7.21. The molecule has 0 bridgehead atoms. The lowest BCUT2D eigenvalue weighted by atomic mass is 9.78. The molecule has 1 saturated heterocycles. The van der Waals surface area contributed by atoms with Crippen molar-refractivity contribution in [3.63, 3.8) is 0 Å². The average Bonchev–Trinajstić information content (AvgIpc) is 3.43. The Balaban J connectivity index is 1.48. The molecule has 0 saturated carbocycles. The number of carboxylic acid groups (broad SMARTS) is 1. The maximum Gasteiger partial charge on any atom is 0.338 e. The number of carboxylic acids is 1. The van der Waals surface area contributed by atoms with Gasteiger partial charge in [0.15, 0.2) is 11.9 Å². The van der Waals surface area contributed by atoms with Crippen molar-refractivity contribution in [1.29, 1.82) is 0 Å². The van der Waals surface area contributed by atoms with Crippen LogP contribution in [0.15, 0.2) is 59.9 Å². The molecule has 0 radical (unpaired) electrons. The largest absolute Gasteiger partial charge is 0.508 e. The predicted molar refractivity (Wildman–Crippen MR) is 122 cm³/mol. The second-order valence-electron chi connectivity index (χ2n) is 9.46. The molecule has 1 aliphatic carbocycles. The van der Waals surface area contributed by atoms with E-state index in [0.717, 1.165) is 6.26 Å². The molecule has 5 rings (SSSR count). The van der Waals surface area contributed by atoms with E-state index in [2.05, 4.69) is 0 Å². The van der Waals surface area contributed by atoms with Gasteiger partial charge in [-0.2, -0.15) is 0 Å². The van der Waals surface area contributed by atoms with E-state index in [4.69, 9.17) is 18.9 Å². The number of rotatable bonds is 6. The topological polar surface area (TPSA) is 213 Å². The Morgan fingerprint density at radius 3 is 2.45 bits per heavy atom. The summed E-state index contributed by atoms with van der Waals surface area (Å²) in [4.78, 5) is 24.8. The molecule has 1 fully saturated rings. The van der Waals surface area contributed by atoms with E-state index in [1.165, 1.54) is 42.5 Å². The van der Waals surface area contributed by atoms with Crippen LogP contribution >= 0.6 is 0 Å². The van der Waals surface area contributed by atoms with E-state index < -0.39 is 79.1 Å². The summed E-state index contributed by atoms with van der Waals surface area (Å²) in [6.07, 6.45) is -5.61. The summed E-state index contributed by atoms with van der Waals surface area (Å²) in [5.41, 5.74) is -1.64. The van der Waals surface area contributed by atoms with Crippen molar-refractivity contribution < 1.29 is 64.3 Å². The lowest BCUT2D eigenvalue weighted by Gasteiger charge is -2.44. The first-order valence-corrected chi connectivity index (χ1v) is 11.7. The van der Waals surface area contributed by atoms with Gasteiger partial charge in [0.25, 0.3) is 0 Å². The normalized spacial score (nSPS) is 38.7. The number of hydrogen-bond acceptors (Lipinski definition) is 12. The smallest absolute Gasteiger partial charge is 0.338 e. The number of aliphatic carboxylic acids is 1. The molecule has 38 heavy (non-hydrogen) atoms. The quantitative estimate of drug-likeness (QED) is 0.165. The number of benzene rings is 1. The highest BCUT2D eigenvalue weighted by molar-refractivity contribution is 5.94. The van der Waals surface area contributed by atoms with Crippen molar-refractivity contribution in [3.05, 3.63) is 65.5 Å². The van der Waals surface area contributed by atoms with E-state index in [0.29, 0.717) is 5.56 Å². The Hall–Kier alpha value is -3.30. The summed E-state index contributed by atoms with van der Waals surface area (Å²) in [7, 11) is 0. The Labute approximate surface area is 215 Å². The van der Waals surface area contributed by atoms with Gasteiger partial charge in [0.05, 0.1) is 29.9 Å². The summed E-state index contributed by atoms with van der Waals surface area (Å²) < 4.78 is 22.4. The number of phenols is 1. The third-order valence-electron chi connectivity index (χ3n) is 7.21. The van der Waals surface area contributed by atoms with Crippen molar-refractivity contribution >= 4 is 11.9 Å². The van der Waals surface area contributed by atoms with Crippen LogP contribution in [0.1, 0.15) is 11.7 Å². The Morgan fingerprint density at radius 1 is 1.08 bits per heavy atom.